The van der Waals surface area contributed by atoms with Gasteiger partial charge >= 0.3 is 0 Å². The number of aromatic nitrogens is 2. The van der Waals surface area contributed by atoms with Crippen molar-refractivity contribution in [1.82, 2.24) is 9.78 Å². The average Bonchev–Trinajstić information content (AvgIpc) is 2.60. The Morgan fingerprint density at radius 2 is 1.95 bits per heavy atom. The molecule has 0 bridgehead atoms. The van der Waals surface area contributed by atoms with Crippen LogP contribution in [0.2, 0.25) is 10.0 Å². The molecule has 0 fully saturated rings. The van der Waals surface area contributed by atoms with E-state index in [0.29, 0.717) is 27.1 Å². The van der Waals surface area contributed by atoms with E-state index >= 15 is 0 Å². The Bertz CT molecular complexity index is 694. The minimum absolute atomic E-state index is 0.287. The van der Waals surface area contributed by atoms with E-state index in [9.17, 15) is 4.79 Å². The predicted molar refractivity (Wildman–Crippen MR) is 81.5 cm³/mol. The van der Waals surface area contributed by atoms with Crippen LogP contribution in [0.15, 0.2) is 12.1 Å². The lowest BCUT2D eigenvalue weighted by molar-refractivity contribution is 0.101. The summed E-state index contributed by atoms with van der Waals surface area (Å²) >= 11 is 12.1. The molecule has 0 atom stereocenters. The highest BCUT2D eigenvalue weighted by molar-refractivity contribution is 6.36. The van der Waals surface area contributed by atoms with Gasteiger partial charge in [-0.05, 0) is 31.5 Å². The molecule has 0 radical (unpaired) electrons. The number of amides is 1. The Balaban J connectivity index is 2.35. The van der Waals surface area contributed by atoms with Gasteiger partial charge in [-0.2, -0.15) is 5.10 Å². The third kappa shape index (κ3) is 2.59. The van der Waals surface area contributed by atoms with E-state index in [1.54, 1.807) is 26.1 Å². The number of hydrogen-bond acceptors (Lipinski definition) is 3. The summed E-state index contributed by atoms with van der Waals surface area (Å²) in [5.74, 6) is -0.382. The number of rotatable bonds is 2. The van der Waals surface area contributed by atoms with Gasteiger partial charge in [0, 0.05) is 12.1 Å². The van der Waals surface area contributed by atoms with Crippen LogP contribution in [0.1, 0.15) is 21.7 Å². The molecule has 0 saturated heterocycles. The van der Waals surface area contributed by atoms with Gasteiger partial charge in [-0.15, -0.1) is 0 Å². The second-order valence-electron chi connectivity index (χ2n) is 4.51. The monoisotopic (exact) mass is 312 g/mol. The van der Waals surface area contributed by atoms with Crippen molar-refractivity contribution in [2.45, 2.75) is 13.8 Å². The SMILES string of the molecule is Cc1cc(Cl)c(NC(=O)c2c(N)c(C)nn2C)cc1Cl. The van der Waals surface area contributed by atoms with E-state index in [2.05, 4.69) is 10.4 Å². The van der Waals surface area contributed by atoms with Crippen LogP contribution in [-0.4, -0.2) is 15.7 Å². The first kappa shape index (κ1) is 14.7. The Labute approximate surface area is 126 Å². The second-order valence-corrected chi connectivity index (χ2v) is 5.32. The lowest BCUT2D eigenvalue weighted by Crippen LogP contribution is -2.18. The van der Waals surface area contributed by atoms with Gasteiger partial charge in [-0.3, -0.25) is 9.48 Å². The fourth-order valence-electron chi connectivity index (χ4n) is 1.87. The molecule has 0 saturated carbocycles. The van der Waals surface area contributed by atoms with Crippen LogP contribution in [0.5, 0.6) is 0 Å². The molecule has 0 aliphatic rings. The maximum absolute atomic E-state index is 12.3. The minimum atomic E-state index is -0.382. The molecule has 0 aliphatic heterocycles. The van der Waals surface area contributed by atoms with Crippen molar-refractivity contribution >= 4 is 40.5 Å². The number of aryl methyl sites for hydroxylation is 3. The number of carbonyl (C=O) groups excluding carboxylic acids is 1. The van der Waals surface area contributed by atoms with Crippen LogP contribution in [0.4, 0.5) is 11.4 Å². The predicted octanol–water partition coefficient (Wildman–Crippen LogP) is 3.18. The van der Waals surface area contributed by atoms with Gasteiger partial charge in [-0.25, -0.2) is 0 Å². The van der Waals surface area contributed by atoms with Crippen molar-refractivity contribution in [2.75, 3.05) is 11.1 Å². The highest BCUT2D eigenvalue weighted by Gasteiger charge is 2.19. The fraction of sp³-hybridized carbons (Fsp3) is 0.231. The van der Waals surface area contributed by atoms with Gasteiger partial charge in [0.15, 0.2) is 0 Å². The largest absolute Gasteiger partial charge is 0.395 e. The summed E-state index contributed by atoms with van der Waals surface area (Å²) in [5.41, 5.74) is 8.36. The van der Waals surface area contributed by atoms with Gasteiger partial charge in [-0.1, -0.05) is 23.2 Å². The average molecular weight is 313 g/mol. The highest BCUT2D eigenvalue weighted by Crippen LogP contribution is 2.29. The smallest absolute Gasteiger partial charge is 0.276 e. The summed E-state index contributed by atoms with van der Waals surface area (Å²) in [6, 6.07) is 3.30. The normalized spacial score (nSPS) is 10.7. The van der Waals surface area contributed by atoms with Crippen molar-refractivity contribution in [3.63, 3.8) is 0 Å². The molecule has 7 heteroatoms. The molecule has 5 nitrogen and oxygen atoms in total. The van der Waals surface area contributed by atoms with E-state index < -0.39 is 0 Å². The molecule has 2 aromatic rings. The molecule has 106 valence electrons. The zero-order valence-corrected chi connectivity index (χ0v) is 12.8. The van der Waals surface area contributed by atoms with Gasteiger partial charge in [0.05, 0.1) is 22.1 Å². The third-order valence-corrected chi connectivity index (χ3v) is 3.70. The van der Waals surface area contributed by atoms with E-state index in [1.165, 1.54) is 4.68 Å². The number of halogens is 2. The summed E-state index contributed by atoms with van der Waals surface area (Å²) in [5, 5.41) is 7.73. The molecule has 1 amide bonds. The van der Waals surface area contributed by atoms with Gasteiger partial charge in [0.25, 0.3) is 5.91 Å². The van der Waals surface area contributed by atoms with Crippen molar-refractivity contribution in [2.24, 2.45) is 7.05 Å². The molecule has 1 aromatic heterocycles. The van der Waals surface area contributed by atoms with Gasteiger partial charge in [0.2, 0.25) is 0 Å². The van der Waals surface area contributed by atoms with Crippen molar-refractivity contribution in [1.29, 1.82) is 0 Å². The number of hydrogen-bond donors (Lipinski definition) is 2. The van der Waals surface area contributed by atoms with Crippen LogP contribution >= 0.6 is 23.2 Å². The minimum Gasteiger partial charge on any atom is -0.395 e. The quantitative estimate of drug-likeness (QED) is 0.894. The topological polar surface area (TPSA) is 72.9 Å². The number of nitrogens with one attached hydrogen (secondary N) is 1. The summed E-state index contributed by atoms with van der Waals surface area (Å²) < 4.78 is 1.43. The third-order valence-electron chi connectivity index (χ3n) is 2.98. The van der Waals surface area contributed by atoms with E-state index in [1.807, 2.05) is 6.92 Å². The highest BCUT2D eigenvalue weighted by atomic mass is 35.5. The Kier molecular flexibility index (Phi) is 3.92. The maximum atomic E-state index is 12.3. The first-order valence-electron chi connectivity index (χ1n) is 5.87. The molecule has 1 aromatic carbocycles. The molecule has 0 unspecified atom stereocenters. The molecule has 0 spiro atoms. The standard InChI is InChI=1S/C13H14Cl2N4O/c1-6-4-9(15)10(5-8(6)14)17-13(20)12-11(16)7(2)18-19(12)3/h4-5H,16H2,1-3H3,(H,17,20). The Hall–Kier alpha value is -1.72. The van der Waals surface area contributed by atoms with Crippen molar-refractivity contribution in [3.05, 3.63) is 39.1 Å². The molecule has 20 heavy (non-hydrogen) atoms. The number of anilines is 2. The maximum Gasteiger partial charge on any atom is 0.276 e. The number of carbonyl (C=O) groups is 1. The lowest BCUT2D eigenvalue weighted by atomic mass is 10.2. The fourth-order valence-corrected chi connectivity index (χ4v) is 2.30. The zero-order chi connectivity index (χ0) is 15.0. The molecular formula is C13H14Cl2N4O. The van der Waals surface area contributed by atoms with Crippen LogP contribution in [-0.2, 0) is 7.05 Å². The molecular weight excluding hydrogens is 299 g/mol. The van der Waals surface area contributed by atoms with Crippen molar-refractivity contribution < 1.29 is 4.79 Å². The summed E-state index contributed by atoms with van der Waals surface area (Å²) in [6.45, 7) is 3.57. The number of benzene rings is 1. The molecule has 3 N–H and O–H groups in total. The number of nitrogens with two attached hydrogens (primary N) is 1. The molecule has 1 heterocycles. The number of nitrogen functional groups attached to an aromatic ring is 1. The summed E-state index contributed by atoms with van der Waals surface area (Å²) in [6.07, 6.45) is 0. The first-order valence-corrected chi connectivity index (χ1v) is 6.63. The zero-order valence-electron chi connectivity index (χ0n) is 11.3. The Morgan fingerprint density at radius 1 is 1.30 bits per heavy atom. The van der Waals surface area contributed by atoms with Crippen LogP contribution < -0.4 is 11.1 Å². The van der Waals surface area contributed by atoms with E-state index in [4.69, 9.17) is 28.9 Å². The summed E-state index contributed by atoms with van der Waals surface area (Å²) in [4.78, 5) is 12.3. The first-order chi connectivity index (χ1) is 9.31. The van der Waals surface area contributed by atoms with E-state index in [0.717, 1.165) is 5.56 Å². The number of nitrogens with zero attached hydrogens (tertiary/aromatic N) is 2. The van der Waals surface area contributed by atoms with Gasteiger partial charge in [0.1, 0.15) is 5.69 Å². The second kappa shape index (κ2) is 5.34. The van der Waals surface area contributed by atoms with Crippen LogP contribution in [0.3, 0.4) is 0 Å². The van der Waals surface area contributed by atoms with Crippen molar-refractivity contribution in [3.8, 4) is 0 Å². The van der Waals surface area contributed by atoms with E-state index in [-0.39, 0.29) is 11.6 Å². The van der Waals surface area contributed by atoms with Gasteiger partial charge < -0.3 is 11.1 Å². The Morgan fingerprint density at radius 3 is 2.50 bits per heavy atom. The van der Waals surface area contributed by atoms with Crippen LogP contribution in [0, 0.1) is 13.8 Å². The van der Waals surface area contributed by atoms with Crippen LogP contribution in [0.25, 0.3) is 0 Å². The molecule has 2 rings (SSSR count). The lowest BCUT2D eigenvalue weighted by Gasteiger charge is -2.10. The summed E-state index contributed by atoms with van der Waals surface area (Å²) in [7, 11) is 1.65. The molecule has 0 aliphatic carbocycles.